The van der Waals surface area contributed by atoms with Gasteiger partial charge in [-0.15, -0.1) is 0 Å². The van der Waals surface area contributed by atoms with Gasteiger partial charge in [-0.05, 0) is 31.5 Å². The van der Waals surface area contributed by atoms with Crippen LogP contribution < -0.4 is 0 Å². The van der Waals surface area contributed by atoms with E-state index >= 15 is 0 Å². The summed E-state index contributed by atoms with van der Waals surface area (Å²) in [5, 5.41) is 0. The average Bonchev–Trinajstić information content (AvgIpc) is 3.20. The van der Waals surface area contributed by atoms with Crippen molar-refractivity contribution in [2.45, 2.75) is 19.8 Å². The molecule has 0 heterocycles. The number of hydrogen-bond acceptors (Lipinski definition) is 1. The van der Waals surface area contributed by atoms with E-state index in [1.807, 2.05) is 25.1 Å². The van der Waals surface area contributed by atoms with E-state index in [2.05, 4.69) is 24.8 Å². The maximum atomic E-state index is 12.0. The number of carbonyl (C=O) groups is 1. The number of hydrogen-bond donors (Lipinski definition) is 0. The fourth-order valence-electron chi connectivity index (χ4n) is 1.95. The highest BCUT2D eigenvalue weighted by atomic mass is 16.2. The predicted molar refractivity (Wildman–Crippen MR) is 74.7 cm³/mol. The minimum Gasteiger partial charge on any atom is -0.315 e. The third kappa shape index (κ3) is 3.33. The molecule has 0 atom stereocenters. The zero-order valence-corrected chi connectivity index (χ0v) is 10.8. The van der Waals surface area contributed by atoms with Crippen molar-refractivity contribution in [3.05, 3.63) is 54.2 Å². The lowest BCUT2D eigenvalue weighted by atomic mass is 10.1. The van der Waals surface area contributed by atoms with E-state index in [9.17, 15) is 4.79 Å². The number of carbonyl (C=O) groups excluding carboxylic acids is 1. The first-order valence-electron chi connectivity index (χ1n) is 6.36. The first-order chi connectivity index (χ1) is 8.70. The number of benzene rings is 1. The van der Waals surface area contributed by atoms with E-state index in [4.69, 9.17) is 0 Å². The van der Waals surface area contributed by atoms with Crippen LogP contribution in [-0.2, 0) is 4.79 Å². The van der Waals surface area contributed by atoms with Crippen molar-refractivity contribution in [3.8, 4) is 0 Å². The summed E-state index contributed by atoms with van der Waals surface area (Å²) < 4.78 is 0. The van der Waals surface area contributed by atoms with Gasteiger partial charge in [0, 0.05) is 12.5 Å². The molecule has 0 N–H and O–H groups in total. The summed E-state index contributed by atoms with van der Waals surface area (Å²) in [5.41, 5.74) is 2.33. The Hall–Kier alpha value is -1.83. The van der Waals surface area contributed by atoms with E-state index in [1.54, 1.807) is 11.1 Å². The number of rotatable bonds is 5. The third-order valence-electron chi connectivity index (χ3n) is 3.06. The normalized spacial score (nSPS) is 15.3. The Morgan fingerprint density at radius 2 is 2.06 bits per heavy atom. The Balaban J connectivity index is 2.00. The molecule has 1 aromatic carbocycles. The Morgan fingerprint density at radius 1 is 1.39 bits per heavy atom. The Labute approximate surface area is 109 Å². The molecule has 0 bridgehead atoms. The summed E-state index contributed by atoms with van der Waals surface area (Å²) in [6, 6.07) is 10.1. The van der Waals surface area contributed by atoms with E-state index in [0.29, 0.717) is 6.54 Å². The van der Waals surface area contributed by atoms with Gasteiger partial charge in [-0.1, -0.05) is 48.6 Å². The van der Waals surface area contributed by atoms with Crippen LogP contribution >= 0.6 is 0 Å². The molecule has 0 saturated heterocycles. The molecule has 2 heteroatoms. The van der Waals surface area contributed by atoms with Crippen molar-refractivity contribution < 1.29 is 4.79 Å². The van der Waals surface area contributed by atoms with Crippen molar-refractivity contribution in [1.29, 1.82) is 0 Å². The van der Waals surface area contributed by atoms with Crippen molar-refractivity contribution in [1.82, 2.24) is 4.90 Å². The molecule has 1 aliphatic carbocycles. The molecule has 1 aromatic rings. The van der Waals surface area contributed by atoms with Gasteiger partial charge < -0.3 is 4.90 Å². The van der Waals surface area contributed by atoms with Crippen molar-refractivity contribution in [3.63, 3.8) is 0 Å². The molecule has 1 amide bonds. The fourth-order valence-corrected chi connectivity index (χ4v) is 1.95. The summed E-state index contributed by atoms with van der Waals surface area (Å²) in [4.78, 5) is 13.7. The van der Waals surface area contributed by atoms with Crippen molar-refractivity contribution in [2.75, 3.05) is 6.54 Å². The molecule has 0 unspecified atom stereocenters. The molecular formula is C16H19NO. The van der Waals surface area contributed by atoms with Crippen LogP contribution in [0.25, 0.3) is 6.08 Å². The first-order valence-corrected chi connectivity index (χ1v) is 6.36. The van der Waals surface area contributed by atoms with Crippen LogP contribution in [0.2, 0.25) is 0 Å². The molecule has 0 radical (unpaired) electrons. The van der Waals surface area contributed by atoms with Crippen LogP contribution in [0.15, 0.2) is 48.7 Å². The van der Waals surface area contributed by atoms with Crippen LogP contribution in [0, 0.1) is 5.92 Å². The average molecular weight is 241 g/mol. The second-order valence-electron chi connectivity index (χ2n) is 4.82. The van der Waals surface area contributed by atoms with Crippen LogP contribution in [-0.4, -0.2) is 17.4 Å². The summed E-state index contributed by atoms with van der Waals surface area (Å²) >= 11 is 0. The van der Waals surface area contributed by atoms with Gasteiger partial charge in [-0.2, -0.15) is 0 Å². The van der Waals surface area contributed by atoms with E-state index in [0.717, 1.165) is 24.0 Å². The van der Waals surface area contributed by atoms with Gasteiger partial charge in [0.25, 0.3) is 0 Å². The molecule has 1 saturated carbocycles. The van der Waals surface area contributed by atoms with Crippen LogP contribution in [0.5, 0.6) is 0 Å². The summed E-state index contributed by atoms with van der Waals surface area (Å²) in [6.07, 6.45) is 5.81. The zero-order chi connectivity index (χ0) is 13.0. The second-order valence-corrected chi connectivity index (χ2v) is 4.82. The maximum Gasteiger partial charge on any atom is 0.229 e. The fraction of sp³-hybridized carbons (Fsp3) is 0.312. The number of nitrogens with zero attached hydrogens (tertiary/aromatic N) is 1. The van der Waals surface area contributed by atoms with Gasteiger partial charge in [0.2, 0.25) is 5.91 Å². The van der Waals surface area contributed by atoms with Gasteiger partial charge in [-0.25, -0.2) is 0 Å². The second kappa shape index (κ2) is 5.67. The third-order valence-corrected chi connectivity index (χ3v) is 3.06. The molecule has 18 heavy (non-hydrogen) atoms. The lowest BCUT2D eigenvalue weighted by Crippen LogP contribution is -2.28. The maximum absolute atomic E-state index is 12.0. The molecular weight excluding hydrogens is 222 g/mol. The van der Waals surface area contributed by atoms with Crippen LogP contribution in [0.1, 0.15) is 25.3 Å². The molecule has 1 aliphatic rings. The zero-order valence-electron chi connectivity index (χ0n) is 10.8. The number of amides is 1. The minimum atomic E-state index is 0.214. The Kier molecular flexibility index (Phi) is 3.98. The monoisotopic (exact) mass is 241 g/mol. The van der Waals surface area contributed by atoms with E-state index < -0.39 is 0 Å². The summed E-state index contributed by atoms with van der Waals surface area (Å²) in [5.74, 6) is 0.457. The lowest BCUT2D eigenvalue weighted by Gasteiger charge is -2.18. The van der Waals surface area contributed by atoms with Gasteiger partial charge in [0.1, 0.15) is 0 Å². The quantitative estimate of drug-likeness (QED) is 0.773. The van der Waals surface area contributed by atoms with Gasteiger partial charge in [0.05, 0.1) is 0 Å². The van der Waals surface area contributed by atoms with Crippen molar-refractivity contribution in [2.24, 2.45) is 5.92 Å². The molecule has 0 aromatic heterocycles. The molecule has 2 rings (SSSR count). The van der Waals surface area contributed by atoms with Gasteiger partial charge in [-0.3, -0.25) is 4.79 Å². The lowest BCUT2D eigenvalue weighted by molar-refractivity contribution is -0.129. The molecule has 0 aliphatic heterocycles. The van der Waals surface area contributed by atoms with Crippen LogP contribution in [0.4, 0.5) is 0 Å². The smallest absolute Gasteiger partial charge is 0.229 e. The highest BCUT2D eigenvalue weighted by Crippen LogP contribution is 2.31. The Morgan fingerprint density at radius 3 is 2.61 bits per heavy atom. The SMILES string of the molecule is C=CN(C/C(C)=C\c1ccccc1)C(=O)C1CC1. The molecule has 2 nitrogen and oxygen atoms in total. The topological polar surface area (TPSA) is 20.3 Å². The highest BCUT2D eigenvalue weighted by molar-refractivity contribution is 5.82. The van der Waals surface area contributed by atoms with Gasteiger partial charge in [0.15, 0.2) is 0 Å². The molecule has 0 spiro atoms. The standard InChI is InChI=1S/C16H19NO/c1-3-17(16(18)15-9-10-15)12-13(2)11-14-7-5-4-6-8-14/h3-8,11,15H,1,9-10,12H2,2H3/b13-11-. The van der Waals surface area contributed by atoms with Gasteiger partial charge >= 0.3 is 0 Å². The van der Waals surface area contributed by atoms with E-state index in [1.165, 1.54) is 0 Å². The highest BCUT2D eigenvalue weighted by Gasteiger charge is 2.32. The summed E-state index contributed by atoms with van der Waals surface area (Å²) in [6.45, 7) is 6.41. The van der Waals surface area contributed by atoms with Crippen LogP contribution in [0.3, 0.4) is 0 Å². The largest absolute Gasteiger partial charge is 0.315 e. The Bertz CT molecular complexity index is 457. The minimum absolute atomic E-state index is 0.214. The molecule has 1 fully saturated rings. The first kappa shape index (κ1) is 12.6. The van der Waals surface area contributed by atoms with E-state index in [-0.39, 0.29) is 11.8 Å². The molecule has 94 valence electrons. The summed E-state index contributed by atoms with van der Waals surface area (Å²) in [7, 11) is 0. The predicted octanol–water partition coefficient (Wildman–Crippen LogP) is 3.47. The van der Waals surface area contributed by atoms with Crippen molar-refractivity contribution >= 4 is 12.0 Å².